The fourth-order valence-corrected chi connectivity index (χ4v) is 6.85. The molecule has 0 bridgehead atoms. The summed E-state index contributed by atoms with van der Waals surface area (Å²) in [6, 6.07) is -1.01. The van der Waals surface area contributed by atoms with Gasteiger partial charge in [-0.25, -0.2) is 4.57 Å². The first kappa shape index (κ1) is 52.4. The first-order valence-corrected chi connectivity index (χ1v) is 23.3. The summed E-state index contributed by atoms with van der Waals surface area (Å²) in [7, 11) is -4.41. The van der Waals surface area contributed by atoms with Crippen LogP contribution in [0.15, 0.2) is 48.6 Å². The summed E-state index contributed by atoms with van der Waals surface area (Å²) in [6.07, 6.45) is 45.0. The third-order valence-corrected chi connectivity index (χ3v) is 10.4. The van der Waals surface area contributed by atoms with Crippen LogP contribution in [0.5, 0.6) is 0 Å². The molecule has 0 aliphatic carbocycles. The zero-order chi connectivity index (χ0) is 39.8. The lowest BCUT2D eigenvalue weighted by Crippen LogP contribution is -2.46. The predicted octanol–water partition coefficient (Wildman–Crippen LogP) is 11.1. The Hall–Kier alpha value is -1.58. The van der Waals surface area contributed by atoms with Crippen molar-refractivity contribution in [1.29, 1.82) is 0 Å². The zero-order valence-electron chi connectivity index (χ0n) is 34.6. The number of hydrogen-bond donors (Lipinski definition) is 5. The highest BCUT2D eigenvalue weighted by molar-refractivity contribution is 7.47. The normalized spacial score (nSPS) is 15.1. The van der Waals surface area contributed by atoms with Crippen LogP contribution in [0, 0.1) is 0 Å². The third-order valence-electron chi connectivity index (χ3n) is 9.41. The standard InChI is InChI=1S/C44H83N2O7P/c1-3-5-7-9-11-13-15-16-17-18-19-20-21-22-23-24-26-28-30-32-34-36-43(48)42(40-53-54(50,51)52-38-37-45)46-44(49)39-41(47)35-33-31-29-27-25-14-12-10-8-6-4-2/h21-22,26-29,34,36,41-43,47-48H,3-20,23-25,30-33,35,37-40,45H2,1-2H3,(H,46,49)(H,50,51)/b22-21+,28-26+,29-27-,36-34+. The molecule has 0 aliphatic rings. The Morgan fingerprint density at radius 3 is 1.54 bits per heavy atom. The molecule has 0 saturated heterocycles. The first-order chi connectivity index (χ1) is 26.3. The summed E-state index contributed by atoms with van der Waals surface area (Å²) in [5.74, 6) is -0.478. The highest BCUT2D eigenvalue weighted by Crippen LogP contribution is 2.43. The molecule has 1 amide bonds. The number of hydrogen-bond acceptors (Lipinski definition) is 7. The molecule has 0 spiro atoms. The summed E-state index contributed by atoms with van der Waals surface area (Å²) in [5, 5.41) is 23.9. The van der Waals surface area contributed by atoms with E-state index < -0.39 is 38.6 Å². The molecule has 0 heterocycles. The van der Waals surface area contributed by atoms with Crippen molar-refractivity contribution in [3.8, 4) is 0 Å². The second kappa shape index (κ2) is 39.6. The molecule has 10 heteroatoms. The van der Waals surface area contributed by atoms with Crippen LogP contribution >= 0.6 is 7.82 Å². The molecule has 54 heavy (non-hydrogen) atoms. The molecule has 0 aliphatic heterocycles. The van der Waals surface area contributed by atoms with E-state index in [1.54, 1.807) is 6.08 Å². The summed E-state index contributed by atoms with van der Waals surface area (Å²) in [5.41, 5.74) is 5.35. The number of aliphatic hydroxyl groups excluding tert-OH is 2. The Balaban J connectivity index is 4.42. The van der Waals surface area contributed by atoms with E-state index in [1.165, 1.54) is 109 Å². The number of allylic oxidation sites excluding steroid dienone is 7. The lowest BCUT2D eigenvalue weighted by molar-refractivity contribution is -0.124. The summed E-state index contributed by atoms with van der Waals surface area (Å²) in [6.45, 7) is 3.90. The van der Waals surface area contributed by atoms with E-state index in [0.29, 0.717) is 12.8 Å². The van der Waals surface area contributed by atoms with E-state index in [9.17, 15) is 24.5 Å². The summed E-state index contributed by atoms with van der Waals surface area (Å²) < 4.78 is 22.0. The van der Waals surface area contributed by atoms with E-state index in [0.717, 1.165) is 44.9 Å². The van der Waals surface area contributed by atoms with Crippen LogP contribution in [0.2, 0.25) is 0 Å². The van der Waals surface area contributed by atoms with Gasteiger partial charge in [-0.1, -0.05) is 159 Å². The van der Waals surface area contributed by atoms with E-state index in [-0.39, 0.29) is 19.6 Å². The molecule has 0 rings (SSSR count). The van der Waals surface area contributed by atoms with Gasteiger partial charge in [0.2, 0.25) is 5.91 Å². The SMILES string of the molecule is CCCCCCCC/C=C\CCCC(O)CC(=O)NC(COP(=O)(O)OCCN)C(O)/C=C/CC/C=C/CC/C=C/CCCCCCCCCCCCC. The van der Waals surface area contributed by atoms with Gasteiger partial charge in [0.25, 0.3) is 0 Å². The van der Waals surface area contributed by atoms with Gasteiger partial charge in [0, 0.05) is 6.54 Å². The van der Waals surface area contributed by atoms with Crippen molar-refractivity contribution in [2.45, 2.75) is 205 Å². The van der Waals surface area contributed by atoms with Crippen LogP contribution in [-0.4, -0.2) is 59.0 Å². The number of aliphatic hydroxyl groups is 2. The number of carbonyl (C=O) groups excluding carboxylic acids is 1. The van der Waals surface area contributed by atoms with Gasteiger partial charge in [-0.05, 0) is 70.6 Å². The molecule has 0 saturated carbocycles. The molecule has 0 aromatic heterocycles. The minimum atomic E-state index is -4.41. The van der Waals surface area contributed by atoms with Crippen molar-refractivity contribution in [3.63, 3.8) is 0 Å². The number of phosphoric ester groups is 1. The molecule has 0 radical (unpaired) electrons. The van der Waals surface area contributed by atoms with Crippen LogP contribution < -0.4 is 11.1 Å². The minimum absolute atomic E-state index is 0.0386. The fourth-order valence-electron chi connectivity index (χ4n) is 6.09. The van der Waals surface area contributed by atoms with Gasteiger partial charge < -0.3 is 26.2 Å². The third kappa shape index (κ3) is 37.3. The van der Waals surface area contributed by atoms with Crippen molar-refractivity contribution in [3.05, 3.63) is 48.6 Å². The van der Waals surface area contributed by atoms with Crippen LogP contribution in [-0.2, 0) is 18.4 Å². The number of rotatable bonds is 40. The fraction of sp³-hybridized carbons (Fsp3) is 0.795. The van der Waals surface area contributed by atoms with Crippen molar-refractivity contribution in [2.24, 2.45) is 5.73 Å². The molecule has 0 fully saturated rings. The lowest BCUT2D eigenvalue weighted by Gasteiger charge is -2.24. The molecule has 6 N–H and O–H groups in total. The number of unbranched alkanes of at least 4 members (excludes halogenated alkanes) is 20. The number of nitrogens with one attached hydrogen (secondary N) is 1. The van der Waals surface area contributed by atoms with E-state index >= 15 is 0 Å². The highest BCUT2D eigenvalue weighted by Gasteiger charge is 2.27. The summed E-state index contributed by atoms with van der Waals surface area (Å²) >= 11 is 0. The monoisotopic (exact) mass is 783 g/mol. The van der Waals surface area contributed by atoms with Crippen molar-refractivity contribution in [1.82, 2.24) is 5.32 Å². The Bertz CT molecular complexity index is 1000. The van der Waals surface area contributed by atoms with Crippen LogP contribution in [0.4, 0.5) is 0 Å². The average molecular weight is 783 g/mol. The maximum atomic E-state index is 12.8. The molecule has 316 valence electrons. The molecular weight excluding hydrogens is 699 g/mol. The van der Waals surface area contributed by atoms with Crippen molar-refractivity contribution >= 4 is 13.7 Å². The van der Waals surface area contributed by atoms with Crippen LogP contribution in [0.25, 0.3) is 0 Å². The number of amides is 1. The van der Waals surface area contributed by atoms with Crippen LogP contribution in [0.3, 0.4) is 0 Å². The largest absolute Gasteiger partial charge is 0.472 e. The van der Waals surface area contributed by atoms with Gasteiger partial charge in [0.15, 0.2) is 0 Å². The maximum Gasteiger partial charge on any atom is 0.472 e. The predicted molar refractivity (Wildman–Crippen MR) is 227 cm³/mol. The minimum Gasteiger partial charge on any atom is -0.393 e. The molecular formula is C44H83N2O7P. The van der Waals surface area contributed by atoms with Gasteiger partial charge in [-0.3, -0.25) is 13.8 Å². The molecule has 0 aromatic rings. The zero-order valence-corrected chi connectivity index (χ0v) is 35.5. The van der Waals surface area contributed by atoms with Crippen molar-refractivity contribution < 1.29 is 33.5 Å². The number of nitrogens with two attached hydrogens (primary N) is 1. The Kier molecular flexibility index (Phi) is 38.5. The van der Waals surface area contributed by atoms with E-state index in [4.69, 9.17) is 14.8 Å². The Morgan fingerprint density at radius 1 is 0.630 bits per heavy atom. The van der Waals surface area contributed by atoms with E-state index in [2.05, 4.69) is 55.6 Å². The topological polar surface area (TPSA) is 151 Å². The van der Waals surface area contributed by atoms with Gasteiger partial charge >= 0.3 is 7.82 Å². The smallest absolute Gasteiger partial charge is 0.393 e. The Morgan fingerprint density at radius 2 is 1.06 bits per heavy atom. The molecule has 4 atom stereocenters. The van der Waals surface area contributed by atoms with Crippen LogP contribution in [0.1, 0.15) is 187 Å². The maximum absolute atomic E-state index is 12.8. The second-order valence-corrected chi connectivity index (χ2v) is 16.2. The quantitative estimate of drug-likeness (QED) is 0.0234. The van der Waals surface area contributed by atoms with Gasteiger partial charge in [0.05, 0.1) is 37.9 Å². The lowest BCUT2D eigenvalue weighted by atomic mass is 10.1. The molecule has 9 nitrogen and oxygen atoms in total. The van der Waals surface area contributed by atoms with Gasteiger partial charge in [0.1, 0.15) is 0 Å². The van der Waals surface area contributed by atoms with Gasteiger partial charge in [-0.15, -0.1) is 0 Å². The Labute approximate surface area is 331 Å². The second-order valence-electron chi connectivity index (χ2n) is 14.7. The van der Waals surface area contributed by atoms with Crippen molar-refractivity contribution in [2.75, 3.05) is 19.8 Å². The first-order valence-electron chi connectivity index (χ1n) is 21.8. The highest BCUT2D eigenvalue weighted by atomic mass is 31.2. The van der Waals surface area contributed by atoms with E-state index in [1.807, 2.05) is 6.08 Å². The number of carbonyl (C=O) groups is 1. The number of phosphoric acid groups is 1. The van der Waals surface area contributed by atoms with Gasteiger partial charge in [-0.2, -0.15) is 0 Å². The molecule has 4 unspecified atom stereocenters. The summed E-state index contributed by atoms with van der Waals surface area (Å²) in [4.78, 5) is 22.7. The molecule has 0 aromatic carbocycles. The average Bonchev–Trinajstić information content (AvgIpc) is 3.15.